The first-order valence-corrected chi connectivity index (χ1v) is 5.01. The maximum absolute atomic E-state index is 10.8. The maximum atomic E-state index is 10.8. The van der Waals surface area contributed by atoms with Crippen molar-refractivity contribution in [2.45, 2.75) is 33.6 Å². The molecule has 2 N–H and O–H groups in total. The predicted molar refractivity (Wildman–Crippen MR) is 59.7 cm³/mol. The third-order valence-electron chi connectivity index (χ3n) is 2.75. The van der Waals surface area contributed by atoms with E-state index in [1.165, 1.54) is 0 Å². The normalized spacial score (nSPS) is 10.2. The number of anilines is 1. The van der Waals surface area contributed by atoms with Gasteiger partial charge in [-0.1, -0.05) is 13.8 Å². The van der Waals surface area contributed by atoms with Gasteiger partial charge in [0.05, 0.1) is 0 Å². The zero-order valence-corrected chi connectivity index (χ0v) is 9.05. The van der Waals surface area contributed by atoms with E-state index in [0.29, 0.717) is 0 Å². The highest BCUT2D eigenvalue weighted by molar-refractivity contribution is 5.81. The van der Waals surface area contributed by atoms with E-state index in [1.807, 2.05) is 13.0 Å². The summed E-state index contributed by atoms with van der Waals surface area (Å²) in [5.41, 5.74) is 10.9. The molecule has 0 saturated heterocycles. The molecule has 76 valence electrons. The van der Waals surface area contributed by atoms with Gasteiger partial charge in [-0.15, -0.1) is 0 Å². The smallest absolute Gasteiger partial charge is 0.150 e. The molecule has 0 bridgehead atoms. The first-order valence-electron chi connectivity index (χ1n) is 5.01. The largest absolute Gasteiger partial charge is 0.398 e. The number of rotatable bonds is 3. The Hall–Kier alpha value is -1.31. The lowest BCUT2D eigenvalue weighted by atomic mass is 9.94. The van der Waals surface area contributed by atoms with Crippen molar-refractivity contribution in [1.82, 2.24) is 0 Å². The van der Waals surface area contributed by atoms with Crippen LogP contribution in [0.1, 0.15) is 40.9 Å². The molecule has 0 fully saturated rings. The Balaban J connectivity index is 3.46. The van der Waals surface area contributed by atoms with Gasteiger partial charge >= 0.3 is 0 Å². The van der Waals surface area contributed by atoms with Crippen LogP contribution in [0.3, 0.4) is 0 Å². The monoisotopic (exact) mass is 191 g/mol. The molecule has 0 radical (unpaired) electrons. The van der Waals surface area contributed by atoms with Crippen LogP contribution in [0.15, 0.2) is 6.07 Å². The van der Waals surface area contributed by atoms with Crippen molar-refractivity contribution < 1.29 is 4.79 Å². The van der Waals surface area contributed by atoms with Crippen LogP contribution >= 0.6 is 0 Å². The summed E-state index contributed by atoms with van der Waals surface area (Å²) in [4.78, 5) is 10.8. The Morgan fingerprint density at radius 3 is 2.43 bits per heavy atom. The number of hydrogen-bond donors (Lipinski definition) is 1. The Bertz CT molecular complexity index is 356. The number of nitrogens with two attached hydrogens (primary N) is 1. The van der Waals surface area contributed by atoms with E-state index >= 15 is 0 Å². The van der Waals surface area contributed by atoms with Crippen LogP contribution in [-0.2, 0) is 12.8 Å². The van der Waals surface area contributed by atoms with E-state index in [1.54, 1.807) is 0 Å². The molecule has 0 saturated carbocycles. The highest BCUT2D eigenvalue weighted by Crippen LogP contribution is 2.25. The quantitative estimate of drug-likeness (QED) is 0.589. The van der Waals surface area contributed by atoms with E-state index in [4.69, 9.17) is 5.73 Å². The molecule has 1 aromatic carbocycles. The second kappa shape index (κ2) is 4.27. The lowest BCUT2D eigenvalue weighted by Gasteiger charge is -2.13. The summed E-state index contributed by atoms with van der Waals surface area (Å²) in [5, 5.41) is 0. The van der Waals surface area contributed by atoms with Crippen molar-refractivity contribution in [2.75, 3.05) is 5.73 Å². The fourth-order valence-electron chi connectivity index (χ4n) is 1.81. The van der Waals surface area contributed by atoms with Gasteiger partial charge in [-0.05, 0) is 42.5 Å². The van der Waals surface area contributed by atoms with Gasteiger partial charge in [-0.25, -0.2) is 0 Å². The molecule has 0 atom stereocenters. The maximum Gasteiger partial charge on any atom is 0.150 e. The summed E-state index contributed by atoms with van der Waals surface area (Å²) >= 11 is 0. The Morgan fingerprint density at radius 2 is 2.00 bits per heavy atom. The first kappa shape index (κ1) is 10.8. The van der Waals surface area contributed by atoms with Gasteiger partial charge in [0.15, 0.2) is 0 Å². The van der Waals surface area contributed by atoms with Crippen LogP contribution in [0.4, 0.5) is 5.69 Å². The first-order chi connectivity index (χ1) is 6.65. The average molecular weight is 191 g/mol. The number of hydrogen-bond acceptors (Lipinski definition) is 2. The molecule has 2 nitrogen and oxygen atoms in total. The third-order valence-corrected chi connectivity index (χ3v) is 2.75. The topological polar surface area (TPSA) is 43.1 Å². The lowest BCUT2D eigenvalue weighted by Crippen LogP contribution is -2.04. The van der Waals surface area contributed by atoms with E-state index in [0.717, 1.165) is 47.1 Å². The molecule has 0 amide bonds. The molecular weight excluding hydrogens is 174 g/mol. The molecule has 0 aliphatic rings. The summed E-state index contributed by atoms with van der Waals surface area (Å²) in [6.07, 6.45) is 2.67. The number of aryl methyl sites for hydroxylation is 1. The summed E-state index contributed by atoms with van der Waals surface area (Å²) < 4.78 is 0. The standard InChI is InChI=1S/C12H17NO/c1-4-9-6-10(7-14)8(3)11(5-2)12(9)13/h6-7H,4-5,13H2,1-3H3. The Labute approximate surface area is 85.1 Å². The molecule has 1 aromatic rings. The van der Waals surface area contributed by atoms with Crippen LogP contribution in [-0.4, -0.2) is 6.29 Å². The van der Waals surface area contributed by atoms with Gasteiger partial charge in [-0.2, -0.15) is 0 Å². The number of carbonyl (C=O) groups excluding carboxylic acids is 1. The summed E-state index contributed by atoms with van der Waals surface area (Å²) in [5.74, 6) is 0. The van der Waals surface area contributed by atoms with Gasteiger partial charge in [-0.3, -0.25) is 4.79 Å². The summed E-state index contributed by atoms with van der Waals surface area (Å²) in [7, 11) is 0. The van der Waals surface area contributed by atoms with Gasteiger partial charge in [0.1, 0.15) is 6.29 Å². The van der Waals surface area contributed by atoms with Gasteiger partial charge < -0.3 is 5.73 Å². The SMILES string of the molecule is CCc1cc(C=O)c(C)c(CC)c1N. The lowest BCUT2D eigenvalue weighted by molar-refractivity contribution is 0.112. The van der Waals surface area contributed by atoms with Crippen molar-refractivity contribution in [3.8, 4) is 0 Å². The van der Waals surface area contributed by atoms with Gasteiger partial charge in [0.25, 0.3) is 0 Å². The van der Waals surface area contributed by atoms with Crippen molar-refractivity contribution in [3.63, 3.8) is 0 Å². The second-order valence-corrected chi connectivity index (χ2v) is 3.47. The van der Waals surface area contributed by atoms with Crippen LogP contribution in [0.5, 0.6) is 0 Å². The van der Waals surface area contributed by atoms with Gasteiger partial charge in [0.2, 0.25) is 0 Å². The fourth-order valence-corrected chi connectivity index (χ4v) is 1.81. The molecule has 1 rings (SSSR count). The fraction of sp³-hybridized carbons (Fsp3) is 0.417. The molecule has 0 heterocycles. The predicted octanol–water partition coefficient (Wildman–Crippen LogP) is 2.51. The minimum Gasteiger partial charge on any atom is -0.398 e. The van der Waals surface area contributed by atoms with Crippen LogP contribution in [0.2, 0.25) is 0 Å². The highest BCUT2D eigenvalue weighted by Gasteiger charge is 2.10. The average Bonchev–Trinajstić information content (AvgIpc) is 2.19. The molecule has 0 aliphatic carbocycles. The molecule has 14 heavy (non-hydrogen) atoms. The van der Waals surface area contributed by atoms with Crippen molar-refractivity contribution >= 4 is 12.0 Å². The van der Waals surface area contributed by atoms with Crippen molar-refractivity contribution in [1.29, 1.82) is 0 Å². The Morgan fingerprint density at radius 1 is 1.36 bits per heavy atom. The van der Waals surface area contributed by atoms with Crippen molar-refractivity contribution in [3.05, 3.63) is 28.3 Å². The molecule has 2 heteroatoms. The van der Waals surface area contributed by atoms with Crippen LogP contribution in [0.25, 0.3) is 0 Å². The Kier molecular flexibility index (Phi) is 3.28. The molecule has 0 aromatic heterocycles. The minimum absolute atomic E-state index is 0.771. The van der Waals surface area contributed by atoms with E-state index in [2.05, 4.69) is 13.8 Å². The van der Waals surface area contributed by atoms with E-state index in [9.17, 15) is 4.79 Å². The highest BCUT2D eigenvalue weighted by atomic mass is 16.1. The molecular formula is C12H17NO. The van der Waals surface area contributed by atoms with E-state index in [-0.39, 0.29) is 0 Å². The summed E-state index contributed by atoms with van der Waals surface area (Å²) in [6, 6.07) is 1.90. The number of aldehydes is 1. The van der Waals surface area contributed by atoms with Crippen LogP contribution < -0.4 is 5.73 Å². The third kappa shape index (κ3) is 1.65. The van der Waals surface area contributed by atoms with Gasteiger partial charge in [0, 0.05) is 11.3 Å². The molecule has 0 spiro atoms. The second-order valence-electron chi connectivity index (χ2n) is 3.47. The zero-order chi connectivity index (χ0) is 10.7. The number of benzene rings is 1. The molecule has 0 unspecified atom stereocenters. The minimum atomic E-state index is 0.771. The van der Waals surface area contributed by atoms with Crippen LogP contribution in [0, 0.1) is 6.92 Å². The summed E-state index contributed by atoms with van der Waals surface area (Å²) in [6.45, 7) is 6.07. The number of carbonyl (C=O) groups is 1. The zero-order valence-electron chi connectivity index (χ0n) is 9.05. The number of nitrogen functional groups attached to an aromatic ring is 1. The van der Waals surface area contributed by atoms with E-state index < -0.39 is 0 Å². The molecule has 0 aliphatic heterocycles. The van der Waals surface area contributed by atoms with Crippen molar-refractivity contribution in [2.24, 2.45) is 0 Å².